The number of ether oxygens (including phenoxy) is 8. The molecule has 0 saturated heterocycles. The third-order valence-electron chi connectivity index (χ3n) is 15.0. The molecule has 0 spiro atoms. The van der Waals surface area contributed by atoms with Crippen molar-refractivity contribution in [3.8, 4) is 40.5 Å². The van der Waals surface area contributed by atoms with Crippen molar-refractivity contribution in [1.29, 1.82) is 2.67 Å². The molecule has 0 saturated carbocycles. The van der Waals surface area contributed by atoms with Gasteiger partial charge in [-0.3, -0.25) is 57.7 Å². The molecule has 3 heterocycles. The van der Waals surface area contributed by atoms with E-state index in [9.17, 15) is 57.5 Å². The first kappa shape index (κ1) is 89.7. The van der Waals surface area contributed by atoms with Crippen LogP contribution in [0.2, 0.25) is 0 Å². The first-order chi connectivity index (χ1) is 51.4. The van der Waals surface area contributed by atoms with Gasteiger partial charge >= 0.3 is 75.8 Å². The zero-order valence-corrected chi connectivity index (χ0v) is 67.3. The third-order valence-corrected chi connectivity index (χ3v) is 15.0. The SMILES string of the molecule is COC(=O)CN.COc1ccc(C(NC(=O)c2cnc(C(=O)CCC(=O)O)[nH]c2=O)c2ccc(OC)cc2)cc1.COc1ccc(C(NC(=O)c2cnc(C(=O)CCC(C)=O)[nH]c2=O)c2ccc(OC)cc2)cc1.COc1ccc(C(NC(=O)c2cnc(OC=O)[nH]c2=O)c2ccc(OC)cc2)cc1.[3H][B][3H].[K+].[OH-].[U]. The number of aromatic nitrogens is 6. The fourth-order valence-electron chi connectivity index (χ4n) is 9.35. The maximum atomic E-state index is 13.0. The van der Waals surface area contributed by atoms with Gasteiger partial charge in [0.1, 0.15) is 57.0 Å². The fraction of sp³-hybridized carbons (Fsp3) is 0.219. The van der Waals surface area contributed by atoms with Crippen LogP contribution < -0.4 is 123 Å². The number of ketones is 3. The molecule has 35 heteroatoms. The first-order valence-electron chi connectivity index (χ1n) is 32.3. The Morgan fingerprint density at radius 1 is 0.472 bits per heavy atom. The van der Waals surface area contributed by atoms with Crippen LogP contribution in [0.5, 0.6) is 40.5 Å². The minimum Gasteiger partial charge on any atom is -0.870 e. The van der Waals surface area contributed by atoms with Crippen molar-refractivity contribution in [2.24, 2.45) is 5.73 Å². The maximum absolute atomic E-state index is 13.0. The van der Waals surface area contributed by atoms with Gasteiger partial charge in [-0.05, 0) is 116 Å². The van der Waals surface area contributed by atoms with Crippen LogP contribution in [0.3, 0.4) is 0 Å². The number of carbonyl (C=O) groups excluding carboxylic acids is 8. The van der Waals surface area contributed by atoms with Gasteiger partial charge in [0, 0.05) is 62.8 Å². The summed E-state index contributed by atoms with van der Waals surface area (Å²) in [6.07, 6.45) is 2.38. The minimum atomic E-state index is -1.14. The zero-order chi connectivity index (χ0) is 78.5. The first-order valence-corrected chi connectivity index (χ1v) is 31.2. The van der Waals surface area contributed by atoms with E-state index in [1.165, 1.54) is 14.0 Å². The number of rotatable bonds is 29. The number of amides is 3. The number of aliphatic carboxylic acids is 1. The van der Waals surface area contributed by atoms with Gasteiger partial charge in [0.25, 0.3) is 34.4 Å². The van der Waals surface area contributed by atoms with E-state index in [1.54, 1.807) is 140 Å². The molecular weight excluding hydrogens is 1660 g/mol. The number of Topliss-reactive ketones (excluding diaryl/α,β-unsaturated/α-hetero) is 3. The number of carboxylic acids is 1. The quantitative estimate of drug-likeness (QED) is 0.0144. The van der Waals surface area contributed by atoms with E-state index < -0.39 is 76.5 Å². The molecule has 559 valence electrons. The Balaban J connectivity index is 0.000000523. The molecule has 0 aliphatic carbocycles. The Labute approximate surface area is 688 Å². The summed E-state index contributed by atoms with van der Waals surface area (Å²) in [4.78, 5) is 160. The smallest absolute Gasteiger partial charge is 0.870 e. The van der Waals surface area contributed by atoms with Gasteiger partial charge in [0.2, 0.25) is 0 Å². The van der Waals surface area contributed by atoms with E-state index in [-0.39, 0.29) is 166 Å². The third kappa shape index (κ3) is 28.2. The Hall–Kier alpha value is -10.7. The van der Waals surface area contributed by atoms with Crippen molar-refractivity contribution in [1.82, 2.24) is 45.9 Å². The topological polar surface area (TPSA) is 477 Å². The number of aromatic amines is 3. The van der Waals surface area contributed by atoms with E-state index in [0.29, 0.717) is 42.8 Å². The second kappa shape index (κ2) is 47.7. The molecule has 0 atom stereocenters. The normalized spacial score (nSPS) is 10.1. The van der Waals surface area contributed by atoms with Crippen molar-refractivity contribution >= 4 is 61.8 Å². The van der Waals surface area contributed by atoms with Crippen molar-refractivity contribution in [3.05, 3.63) is 257 Å². The Morgan fingerprint density at radius 2 is 0.731 bits per heavy atom. The molecular formula is C73H77BKN10O22U. The summed E-state index contributed by atoms with van der Waals surface area (Å²) >= 11 is 0. The molecule has 6 aromatic carbocycles. The predicted molar refractivity (Wildman–Crippen MR) is 384 cm³/mol. The molecule has 10 N–H and O–H groups in total. The summed E-state index contributed by atoms with van der Waals surface area (Å²) in [7, 11) is 11.1. The van der Waals surface area contributed by atoms with Crippen molar-refractivity contribution in [2.75, 3.05) is 56.3 Å². The molecule has 108 heavy (non-hydrogen) atoms. The molecule has 3 aromatic heterocycles. The van der Waals surface area contributed by atoms with E-state index in [0.717, 1.165) is 52.0 Å². The molecule has 9 rings (SSSR count). The number of carboxylic acid groups (broad SMARTS) is 1. The molecule has 3 amide bonds. The number of benzene rings is 6. The van der Waals surface area contributed by atoms with Crippen LogP contribution in [0.1, 0.15) is 136 Å². The van der Waals surface area contributed by atoms with Crippen LogP contribution in [-0.4, -0.2) is 161 Å². The summed E-state index contributed by atoms with van der Waals surface area (Å²) in [5.74, 6) is -1.32. The van der Waals surface area contributed by atoms with Gasteiger partial charge in [-0.25, -0.2) is 15.0 Å². The maximum Gasteiger partial charge on any atom is 1.00 e. The number of hydrogen-bond acceptors (Lipinski definition) is 25. The average Bonchev–Trinajstić information content (AvgIpc) is 0.825. The van der Waals surface area contributed by atoms with Crippen LogP contribution in [-0.2, 0) is 23.9 Å². The number of nitrogens with zero attached hydrogens (tertiary/aromatic N) is 3. The summed E-state index contributed by atoms with van der Waals surface area (Å²) < 4.78 is 51.3. The molecule has 0 bridgehead atoms. The van der Waals surface area contributed by atoms with E-state index in [1.807, 2.05) is 48.5 Å². The van der Waals surface area contributed by atoms with Crippen molar-refractivity contribution < 1.29 is 174 Å². The summed E-state index contributed by atoms with van der Waals surface area (Å²) in [5, 5.41) is 17.2. The van der Waals surface area contributed by atoms with E-state index in [2.05, 4.69) is 55.3 Å². The fourth-order valence-corrected chi connectivity index (χ4v) is 9.35. The average molecular weight is 1740 g/mol. The summed E-state index contributed by atoms with van der Waals surface area (Å²) in [5.41, 5.74) is 6.32. The Morgan fingerprint density at radius 3 is 0.935 bits per heavy atom. The van der Waals surface area contributed by atoms with Crippen molar-refractivity contribution in [2.45, 2.75) is 50.7 Å². The van der Waals surface area contributed by atoms with Crippen LogP contribution in [0.25, 0.3) is 0 Å². The molecule has 32 nitrogen and oxygen atoms in total. The van der Waals surface area contributed by atoms with Gasteiger partial charge in [-0.15, -0.1) is 0 Å². The number of H-pyrrole nitrogens is 3. The number of esters is 1. The largest absolute Gasteiger partial charge is 1.00 e. The second-order valence-electron chi connectivity index (χ2n) is 21.7. The number of hydrogen-bond donors (Lipinski definition) is 8. The molecule has 1 radical (unpaired) electrons. The van der Waals surface area contributed by atoms with Gasteiger partial charge in [-0.2, -0.15) is 0 Å². The molecule has 0 aliphatic rings. The molecule has 0 fully saturated rings. The van der Waals surface area contributed by atoms with Crippen molar-refractivity contribution in [3.63, 3.8) is 0 Å². The van der Waals surface area contributed by atoms with Crippen LogP contribution in [0, 0.1) is 31.1 Å². The van der Waals surface area contributed by atoms with Gasteiger partial charge < -0.3 is 84.9 Å². The van der Waals surface area contributed by atoms with Crippen LogP contribution in [0.4, 0.5) is 0 Å². The Bertz CT molecular complexity index is 4320. The van der Waals surface area contributed by atoms with Gasteiger partial charge in [-0.1, -0.05) is 72.8 Å². The molecule has 9 aromatic rings. The second-order valence-corrected chi connectivity index (χ2v) is 21.7. The van der Waals surface area contributed by atoms with E-state index in [4.69, 9.17) is 41.9 Å². The molecule has 0 unspecified atom stereocenters. The number of methoxy groups -OCH3 is 7. The van der Waals surface area contributed by atoms with Crippen LogP contribution >= 0.6 is 0 Å². The number of nitrogens with two attached hydrogens (primary N) is 1. The number of nitrogens with one attached hydrogen (secondary N) is 6. The standard InChI is InChI=1S/C25H25N3O6.C24H23N3O7.C21H19N3O6.C3H7NO2.BH2.K.H2O.U/c1-15(29)4-13-21(30)23-26-14-20(25(32)28-23)24(31)27-22(16-5-9-18(33-2)10-6-16)17-7-11-19(34-3)12-8-17;1-33-16-7-3-14(4-8-16)21(15-5-9-17(34-2)10-6-15)26-23(31)18-13-25-22(27-24(18)32)19(28)11-12-20(29)30;1-28-15-7-3-13(4-8-15)18(14-5-9-16(29-2)10-6-14)23-19(26)17-11-22-21(30-12-25)24-20(17)27;1-6-3(5)2-4;;;;/h5-12,14,22H,4,13H2,1-3H3,(H,27,31)(H,26,28,32);3-10,13,21H,11-12H2,1-2H3,(H,26,31)(H,29,30)(H,25,27,32);3-12,18H,1-2H3,(H,23,26)(H,22,24,27);2,4H2,1H3;1H2;;1H2;/q;;;;;+1;;/p-1/i;;;;1T2;;;. The summed E-state index contributed by atoms with van der Waals surface area (Å²) in [6, 6.07) is 40.8. The van der Waals surface area contributed by atoms with E-state index >= 15 is 0 Å². The monoisotopic (exact) mass is 1740 g/mol. The van der Waals surface area contributed by atoms with Gasteiger partial charge in [0.15, 0.2) is 23.2 Å². The predicted octanol–water partition coefficient (Wildman–Crippen LogP) is 2.08. The molecule has 0 aliphatic heterocycles. The van der Waals surface area contributed by atoms with Gasteiger partial charge in [0.05, 0.1) is 95.4 Å². The number of carbonyl (C=O) groups is 9. The summed E-state index contributed by atoms with van der Waals surface area (Å²) in [6.45, 7) is 1.47. The Kier molecular flexibility index (Phi) is 39.6. The van der Waals surface area contributed by atoms with Crippen LogP contribution in [0.15, 0.2) is 179 Å². The zero-order valence-electron chi connectivity index (χ0n) is 62.0. The minimum absolute atomic E-state index is 0.